The molecule has 5 heteroatoms. The molecule has 0 aliphatic carbocycles. The van der Waals surface area contributed by atoms with Gasteiger partial charge in [0, 0.05) is 23.5 Å². The lowest BCUT2D eigenvalue weighted by atomic mass is 10.1. The summed E-state index contributed by atoms with van der Waals surface area (Å²) in [5, 5.41) is 14.2. The fourth-order valence-corrected chi connectivity index (χ4v) is 2.02. The van der Waals surface area contributed by atoms with Gasteiger partial charge in [0.15, 0.2) is 0 Å². The third kappa shape index (κ3) is 4.58. The van der Waals surface area contributed by atoms with Gasteiger partial charge in [-0.15, -0.1) is 0 Å². The van der Waals surface area contributed by atoms with E-state index in [2.05, 4.69) is 31.1 Å². The number of nitrogens with one attached hydrogen (secondary N) is 1. The summed E-state index contributed by atoms with van der Waals surface area (Å²) in [6.07, 6.45) is -0.569. The number of pyridine rings is 1. The maximum absolute atomic E-state index is 10.0. The predicted molar refractivity (Wildman–Crippen MR) is 87.6 cm³/mol. The van der Waals surface area contributed by atoms with Gasteiger partial charge in [-0.2, -0.15) is 0 Å². The molecule has 22 heavy (non-hydrogen) atoms. The van der Waals surface area contributed by atoms with Gasteiger partial charge in [-0.05, 0) is 39.0 Å². The molecule has 0 saturated carbocycles. The quantitative estimate of drug-likeness (QED) is 0.858. The second-order valence-corrected chi connectivity index (χ2v) is 6.27. The molecule has 2 N–H and O–H groups in total. The van der Waals surface area contributed by atoms with Crippen molar-refractivity contribution >= 4 is 10.9 Å². The van der Waals surface area contributed by atoms with E-state index in [-0.39, 0.29) is 12.1 Å². The zero-order valence-electron chi connectivity index (χ0n) is 13.6. The minimum Gasteiger partial charge on any atom is -0.490 e. The molecule has 0 aliphatic heterocycles. The molecule has 0 saturated heterocycles. The highest BCUT2D eigenvalue weighted by atomic mass is 16.5. The number of β-amino-alcohol motifs (C(OH)–C–C–N with tert-alkyl or cyclic N) is 1. The fraction of sp³-hybridized carbons (Fsp3) is 0.471. The zero-order chi connectivity index (χ0) is 16.2. The molecule has 2 rings (SSSR count). The molecule has 0 spiro atoms. The molecule has 5 nitrogen and oxygen atoms in total. The van der Waals surface area contributed by atoms with E-state index in [1.54, 1.807) is 13.2 Å². The van der Waals surface area contributed by atoms with Gasteiger partial charge < -0.3 is 19.9 Å². The first-order valence-corrected chi connectivity index (χ1v) is 7.39. The number of fused-ring (bicyclic) bond motifs is 1. The molecule has 1 heterocycles. The number of ether oxygens (including phenoxy) is 2. The summed E-state index contributed by atoms with van der Waals surface area (Å²) < 4.78 is 10.9. The second-order valence-electron chi connectivity index (χ2n) is 6.27. The summed E-state index contributed by atoms with van der Waals surface area (Å²) in [7, 11) is 1.59. The Morgan fingerprint density at radius 3 is 2.68 bits per heavy atom. The van der Waals surface area contributed by atoms with Crippen LogP contribution in [0, 0.1) is 0 Å². The van der Waals surface area contributed by atoms with Crippen molar-refractivity contribution < 1.29 is 14.6 Å². The molecule has 120 valence electrons. The van der Waals surface area contributed by atoms with Gasteiger partial charge in [-0.1, -0.05) is 6.07 Å². The molecule has 0 radical (unpaired) electrons. The molecular weight excluding hydrogens is 280 g/mol. The number of aliphatic hydroxyl groups is 1. The van der Waals surface area contributed by atoms with Gasteiger partial charge in [0.05, 0.1) is 12.6 Å². The number of aliphatic hydroxyl groups excluding tert-OH is 1. The van der Waals surface area contributed by atoms with Gasteiger partial charge in [-0.3, -0.25) is 0 Å². The van der Waals surface area contributed by atoms with E-state index >= 15 is 0 Å². The Morgan fingerprint density at radius 2 is 2.00 bits per heavy atom. The lowest BCUT2D eigenvalue weighted by molar-refractivity contribution is 0.101. The van der Waals surface area contributed by atoms with Crippen LogP contribution in [0.5, 0.6) is 11.6 Å². The van der Waals surface area contributed by atoms with E-state index in [0.717, 1.165) is 10.9 Å². The second kappa shape index (κ2) is 6.94. The van der Waals surface area contributed by atoms with Crippen molar-refractivity contribution in [2.24, 2.45) is 0 Å². The van der Waals surface area contributed by atoms with E-state index in [1.165, 1.54) is 0 Å². The molecule has 0 bridgehead atoms. The maximum atomic E-state index is 10.0. The van der Waals surface area contributed by atoms with Crippen molar-refractivity contribution in [2.45, 2.75) is 32.4 Å². The Balaban J connectivity index is 2.02. The van der Waals surface area contributed by atoms with Crippen molar-refractivity contribution in [2.75, 3.05) is 20.3 Å². The molecule has 1 atom stereocenters. The summed E-state index contributed by atoms with van der Waals surface area (Å²) >= 11 is 0. The van der Waals surface area contributed by atoms with Crippen LogP contribution < -0.4 is 14.8 Å². The van der Waals surface area contributed by atoms with Crippen LogP contribution in [0.15, 0.2) is 30.3 Å². The first-order chi connectivity index (χ1) is 10.4. The van der Waals surface area contributed by atoms with Gasteiger partial charge in [0.25, 0.3) is 0 Å². The molecule has 2 aromatic rings. The minimum absolute atomic E-state index is 0.0269. The Kier molecular flexibility index (Phi) is 5.21. The van der Waals surface area contributed by atoms with Gasteiger partial charge >= 0.3 is 0 Å². The van der Waals surface area contributed by atoms with E-state index < -0.39 is 6.10 Å². The van der Waals surface area contributed by atoms with Crippen molar-refractivity contribution in [3.8, 4) is 11.6 Å². The third-order valence-electron chi connectivity index (χ3n) is 3.17. The standard InChI is InChI=1S/C17H24N2O3/c1-17(2,3)18-10-12(20)11-22-15-7-5-6-14-13(15)8-9-16(19-14)21-4/h5-9,12,18,20H,10-11H2,1-4H3. The number of hydrogen-bond acceptors (Lipinski definition) is 5. The highest BCUT2D eigenvalue weighted by Gasteiger charge is 2.13. The van der Waals surface area contributed by atoms with Crippen LogP contribution in [-0.4, -0.2) is 42.0 Å². The van der Waals surface area contributed by atoms with Crippen LogP contribution in [0.1, 0.15) is 20.8 Å². The topological polar surface area (TPSA) is 63.6 Å². The van der Waals surface area contributed by atoms with Gasteiger partial charge in [0.1, 0.15) is 18.5 Å². The van der Waals surface area contributed by atoms with Crippen LogP contribution in [0.25, 0.3) is 10.9 Å². The SMILES string of the molecule is COc1ccc2c(OCC(O)CNC(C)(C)C)cccc2n1. The highest BCUT2D eigenvalue weighted by Crippen LogP contribution is 2.26. The Labute approximate surface area is 131 Å². The number of hydrogen-bond donors (Lipinski definition) is 2. The third-order valence-corrected chi connectivity index (χ3v) is 3.17. The smallest absolute Gasteiger partial charge is 0.213 e. The molecule has 1 aromatic carbocycles. The minimum atomic E-state index is -0.569. The van der Waals surface area contributed by atoms with Crippen molar-refractivity contribution in [3.05, 3.63) is 30.3 Å². The number of rotatable bonds is 6. The molecule has 1 unspecified atom stereocenters. The van der Waals surface area contributed by atoms with Gasteiger partial charge in [0.2, 0.25) is 5.88 Å². The monoisotopic (exact) mass is 304 g/mol. The first-order valence-electron chi connectivity index (χ1n) is 7.39. The number of methoxy groups -OCH3 is 1. The maximum Gasteiger partial charge on any atom is 0.213 e. The number of benzene rings is 1. The molecule has 0 fully saturated rings. The van der Waals surface area contributed by atoms with Crippen LogP contribution in [0.2, 0.25) is 0 Å². The molecular formula is C17H24N2O3. The zero-order valence-corrected chi connectivity index (χ0v) is 13.6. The Bertz CT molecular complexity index is 623. The van der Waals surface area contributed by atoms with Crippen LogP contribution in [0.4, 0.5) is 0 Å². The number of nitrogens with zero attached hydrogens (tertiary/aromatic N) is 1. The number of aromatic nitrogens is 1. The van der Waals surface area contributed by atoms with Gasteiger partial charge in [-0.25, -0.2) is 4.98 Å². The first kappa shape index (κ1) is 16.5. The Hall–Kier alpha value is -1.85. The largest absolute Gasteiger partial charge is 0.490 e. The lowest BCUT2D eigenvalue weighted by Gasteiger charge is -2.23. The van der Waals surface area contributed by atoms with Crippen molar-refractivity contribution in [1.82, 2.24) is 10.3 Å². The summed E-state index contributed by atoms with van der Waals surface area (Å²) in [4.78, 5) is 4.37. The average Bonchev–Trinajstić information content (AvgIpc) is 2.49. The highest BCUT2D eigenvalue weighted by molar-refractivity contribution is 5.85. The molecule has 1 aromatic heterocycles. The van der Waals surface area contributed by atoms with E-state index in [0.29, 0.717) is 18.2 Å². The predicted octanol–water partition coefficient (Wildman–Crippen LogP) is 2.37. The van der Waals surface area contributed by atoms with Crippen molar-refractivity contribution in [3.63, 3.8) is 0 Å². The van der Waals surface area contributed by atoms with Crippen LogP contribution in [-0.2, 0) is 0 Å². The van der Waals surface area contributed by atoms with E-state index in [9.17, 15) is 5.11 Å². The summed E-state index contributed by atoms with van der Waals surface area (Å²) in [5.41, 5.74) is 0.778. The molecule has 0 amide bonds. The normalized spacial score (nSPS) is 13.1. The fourth-order valence-electron chi connectivity index (χ4n) is 2.02. The average molecular weight is 304 g/mol. The van der Waals surface area contributed by atoms with Crippen LogP contribution in [0.3, 0.4) is 0 Å². The van der Waals surface area contributed by atoms with Crippen LogP contribution >= 0.6 is 0 Å². The summed E-state index contributed by atoms with van der Waals surface area (Å²) in [6.45, 7) is 6.90. The molecule has 0 aliphatic rings. The summed E-state index contributed by atoms with van der Waals surface area (Å²) in [6, 6.07) is 9.37. The lowest BCUT2D eigenvalue weighted by Crippen LogP contribution is -2.42. The van der Waals surface area contributed by atoms with E-state index in [1.807, 2.05) is 24.3 Å². The Morgan fingerprint density at radius 1 is 1.23 bits per heavy atom. The van der Waals surface area contributed by atoms with E-state index in [4.69, 9.17) is 9.47 Å². The summed E-state index contributed by atoms with van der Waals surface area (Å²) in [5.74, 6) is 1.28. The van der Waals surface area contributed by atoms with Crippen molar-refractivity contribution in [1.29, 1.82) is 0 Å².